The fraction of sp³-hybridized carbons (Fsp3) is 0.867. The monoisotopic (exact) mass is 281 g/mol. The van der Waals surface area contributed by atoms with Gasteiger partial charge in [-0.25, -0.2) is 0 Å². The number of nitrogens with zero attached hydrogens (tertiary/aromatic N) is 2. The molecule has 1 aliphatic carbocycles. The van der Waals surface area contributed by atoms with Crippen LogP contribution in [0.1, 0.15) is 50.7 Å². The predicted octanol–water partition coefficient (Wildman–Crippen LogP) is 2.36. The number of ether oxygens (including phenoxy) is 1. The molecule has 1 fully saturated rings. The van der Waals surface area contributed by atoms with E-state index in [9.17, 15) is 0 Å². The van der Waals surface area contributed by atoms with E-state index in [-0.39, 0.29) is 0 Å². The van der Waals surface area contributed by atoms with Gasteiger partial charge in [-0.2, -0.15) is 4.98 Å². The summed E-state index contributed by atoms with van der Waals surface area (Å²) in [6, 6.07) is 0.609. The molecule has 0 radical (unpaired) electrons. The average Bonchev–Trinajstić information content (AvgIpc) is 2.92. The molecule has 5 nitrogen and oxygen atoms in total. The summed E-state index contributed by atoms with van der Waals surface area (Å²) in [5, 5.41) is 7.69. The Morgan fingerprint density at radius 2 is 2.20 bits per heavy atom. The number of hydrogen-bond acceptors (Lipinski definition) is 5. The average molecular weight is 281 g/mol. The first-order valence-corrected chi connectivity index (χ1v) is 7.87. The highest BCUT2D eigenvalue weighted by molar-refractivity contribution is 4.92. The van der Waals surface area contributed by atoms with Crippen molar-refractivity contribution in [2.75, 3.05) is 20.3 Å². The van der Waals surface area contributed by atoms with Gasteiger partial charge in [0.05, 0.1) is 6.61 Å². The molecule has 20 heavy (non-hydrogen) atoms. The minimum atomic E-state index is 0.609. The molecule has 5 heteroatoms. The molecule has 0 saturated heterocycles. The summed E-state index contributed by atoms with van der Waals surface area (Å²) < 4.78 is 10.4. The topological polar surface area (TPSA) is 60.2 Å². The molecule has 0 bridgehead atoms. The molecule has 1 N–H and O–H groups in total. The van der Waals surface area contributed by atoms with Crippen molar-refractivity contribution in [2.24, 2.45) is 5.92 Å². The van der Waals surface area contributed by atoms with E-state index in [1.54, 1.807) is 7.11 Å². The number of rotatable bonds is 8. The van der Waals surface area contributed by atoms with Gasteiger partial charge in [-0.1, -0.05) is 24.9 Å². The third-order valence-electron chi connectivity index (χ3n) is 4.04. The minimum Gasteiger partial charge on any atom is -0.384 e. The summed E-state index contributed by atoms with van der Waals surface area (Å²) in [6.45, 7) is 3.96. The van der Waals surface area contributed by atoms with E-state index in [0.717, 1.165) is 31.1 Å². The van der Waals surface area contributed by atoms with Gasteiger partial charge in [0.25, 0.3) is 0 Å². The van der Waals surface area contributed by atoms with Gasteiger partial charge in [0.1, 0.15) is 0 Å². The highest BCUT2D eigenvalue weighted by atomic mass is 16.5. The first kappa shape index (κ1) is 15.4. The first-order chi connectivity index (χ1) is 9.83. The van der Waals surface area contributed by atoms with E-state index in [4.69, 9.17) is 9.26 Å². The summed E-state index contributed by atoms with van der Waals surface area (Å²) in [5.74, 6) is 2.17. The van der Waals surface area contributed by atoms with Crippen LogP contribution in [0.2, 0.25) is 0 Å². The Hall–Kier alpha value is -0.940. The van der Waals surface area contributed by atoms with Crippen LogP contribution in [-0.2, 0) is 17.6 Å². The van der Waals surface area contributed by atoms with Crippen molar-refractivity contribution in [1.82, 2.24) is 15.5 Å². The van der Waals surface area contributed by atoms with E-state index < -0.39 is 0 Å². The van der Waals surface area contributed by atoms with Gasteiger partial charge < -0.3 is 14.6 Å². The lowest BCUT2D eigenvalue weighted by molar-refractivity contribution is 0.199. The van der Waals surface area contributed by atoms with Crippen LogP contribution in [0.15, 0.2) is 4.52 Å². The summed E-state index contributed by atoms with van der Waals surface area (Å²) in [5.41, 5.74) is 0. The van der Waals surface area contributed by atoms with E-state index in [0.29, 0.717) is 18.6 Å². The maximum atomic E-state index is 5.37. The second-order valence-electron chi connectivity index (χ2n) is 5.66. The maximum absolute atomic E-state index is 5.37. The van der Waals surface area contributed by atoms with Crippen molar-refractivity contribution in [3.05, 3.63) is 11.7 Å². The summed E-state index contributed by atoms with van der Waals surface area (Å²) in [6.07, 6.45) is 8.00. The van der Waals surface area contributed by atoms with Crippen molar-refractivity contribution >= 4 is 0 Å². The van der Waals surface area contributed by atoms with Gasteiger partial charge in [0.15, 0.2) is 5.82 Å². The molecule has 114 valence electrons. The SMILES string of the molecule is CCCNC1CCCCC1Cc1nc(CCOC)no1. The zero-order valence-corrected chi connectivity index (χ0v) is 12.7. The normalized spacial score (nSPS) is 23.1. The molecule has 0 aliphatic heterocycles. The van der Waals surface area contributed by atoms with Crippen LogP contribution in [0.5, 0.6) is 0 Å². The largest absolute Gasteiger partial charge is 0.384 e. The fourth-order valence-electron chi connectivity index (χ4n) is 2.94. The molecule has 2 rings (SSSR count). The van der Waals surface area contributed by atoms with Gasteiger partial charge in [0, 0.05) is 26.0 Å². The highest BCUT2D eigenvalue weighted by Crippen LogP contribution is 2.27. The quantitative estimate of drug-likeness (QED) is 0.792. The highest BCUT2D eigenvalue weighted by Gasteiger charge is 2.26. The van der Waals surface area contributed by atoms with Crippen LogP contribution in [0, 0.1) is 5.92 Å². The van der Waals surface area contributed by atoms with E-state index >= 15 is 0 Å². The Bertz CT molecular complexity index is 381. The number of nitrogens with one attached hydrogen (secondary N) is 1. The van der Waals surface area contributed by atoms with Crippen LogP contribution in [0.4, 0.5) is 0 Å². The molecular weight excluding hydrogens is 254 g/mol. The van der Waals surface area contributed by atoms with Crippen molar-refractivity contribution in [3.8, 4) is 0 Å². The molecule has 1 heterocycles. The molecule has 0 amide bonds. The van der Waals surface area contributed by atoms with E-state index in [1.165, 1.54) is 32.1 Å². The van der Waals surface area contributed by atoms with E-state index in [1.807, 2.05) is 0 Å². The number of methoxy groups -OCH3 is 1. The second kappa shape index (κ2) is 8.37. The lowest BCUT2D eigenvalue weighted by Gasteiger charge is -2.31. The molecule has 1 aromatic rings. The summed E-state index contributed by atoms with van der Waals surface area (Å²) >= 11 is 0. The maximum Gasteiger partial charge on any atom is 0.226 e. The summed E-state index contributed by atoms with van der Waals surface area (Å²) in [7, 11) is 1.69. The third kappa shape index (κ3) is 4.56. The van der Waals surface area contributed by atoms with E-state index in [2.05, 4.69) is 22.4 Å². The Morgan fingerprint density at radius 1 is 1.35 bits per heavy atom. The molecule has 1 aromatic heterocycles. The van der Waals surface area contributed by atoms with Crippen LogP contribution in [-0.4, -0.2) is 36.4 Å². The molecule has 2 atom stereocenters. The Labute approximate surface area is 121 Å². The van der Waals surface area contributed by atoms with Gasteiger partial charge in [-0.3, -0.25) is 0 Å². The molecule has 1 aliphatic rings. The van der Waals surface area contributed by atoms with Crippen LogP contribution < -0.4 is 5.32 Å². The van der Waals surface area contributed by atoms with Crippen molar-refractivity contribution < 1.29 is 9.26 Å². The standard InChI is InChI=1S/C15H27N3O2/c1-3-9-16-13-7-5-4-6-12(13)11-15-17-14(18-20-15)8-10-19-2/h12-13,16H,3-11H2,1-2H3. The van der Waals surface area contributed by atoms with Crippen LogP contribution >= 0.6 is 0 Å². The number of hydrogen-bond donors (Lipinski definition) is 1. The van der Waals surface area contributed by atoms with Crippen molar-refractivity contribution in [1.29, 1.82) is 0 Å². The van der Waals surface area contributed by atoms with Gasteiger partial charge >= 0.3 is 0 Å². The smallest absolute Gasteiger partial charge is 0.226 e. The summed E-state index contributed by atoms with van der Waals surface area (Å²) in [4.78, 5) is 4.47. The predicted molar refractivity (Wildman–Crippen MR) is 77.6 cm³/mol. The molecule has 0 aromatic carbocycles. The molecule has 1 saturated carbocycles. The lowest BCUT2D eigenvalue weighted by Crippen LogP contribution is -2.39. The fourth-order valence-corrected chi connectivity index (χ4v) is 2.94. The molecule has 0 spiro atoms. The number of aromatic nitrogens is 2. The van der Waals surface area contributed by atoms with Gasteiger partial charge in [0.2, 0.25) is 5.89 Å². The lowest BCUT2D eigenvalue weighted by atomic mass is 9.82. The Kier molecular flexibility index (Phi) is 6.47. The van der Waals surface area contributed by atoms with Gasteiger partial charge in [-0.05, 0) is 31.7 Å². The zero-order valence-electron chi connectivity index (χ0n) is 12.7. The molecular formula is C15H27N3O2. The van der Waals surface area contributed by atoms with Gasteiger partial charge in [-0.15, -0.1) is 0 Å². The third-order valence-corrected chi connectivity index (χ3v) is 4.04. The first-order valence-electron chi connectivity index (χ1n) is 7.87. The minimum absolute atomic E-state index is 0.609. The van der Waals surface area contributed by atoms with Crippen LogP contribution in [0.25, 0.3) is 0 Å². The Morgan fingerprint density at radius 3 is 3.00 bits per heavy atom. The zero-order chi connectivity index (χ0) is 14.2. The van der Waals surface area contributed by atoms with Crippen LogP contribution in [0.3, 0.4) is 0 Å². The van der Waals surface area contributed by atoms with Crippen molar-refractivity contribution in [3.63, 3.8) is 0 Å². The second-order valence-corrected chi connectivity index (χ2v) is 5.66. The Balaban J connectivity index is 1.87. The molecule has 2 unspecified atom stereocenters. The van der Waals surface area contributed by atoms with Crippen molar-refractivity contribution in [2.45, 2.75) is 57.9 Å².